The van der Waals surface area contributed by atoms with Crippen LogP contribution in [0.2, 0.25) is 0 Å². The number of H-pyrrole nitrogens is 1. The molecule has 0 aromatic carbocycles. The van der Waals surface area contributed by atoms with Gasteiger partial charge < -0.3 is 10.1 Å². The number of nitrogens with zero attached hydrogens (tertiary/aromatic N) is 1. The van der Waals surface area contributed by atoms with Crippen LogP contribution in [0.5, 0.6) is 0 Å². The van der Waals surface area contributed by atoms with E-state index < -0.39 is 11.6 Å². The van der Waals surface area contributed by atoms with Crippen LogP contribution in [0, 0.1) is 0 Å². The van der Waals surface area contributed by atoms with Gasteiger partial charge in [-0.15, -0.1) is 0 Å². The molecule has 0 bridgehead atoms. The van der Waals surface area contributed by atoms with Gasteiger partial charge in [0.25, 0.3) is 0 Å². The van der Waals surface area contributed by atoms with Gasteiger partial charge in [0, 0.05) is 12.4 Å². The first-order chi connectivity index (χ1) is 5.46. The zero-order chi connectivity index (χ0) is 9.35. The molecule has 12 heavy (non-hydrogen) atoms. The van der Waals surface area contributed by atoms with Crippen LogP contribution < -0.4 is 5.69 Å². The Morgan fingerprint density at radius 1 is 1.67 bits per heavy atom. The van der Waals surface area contributed by atoms with Gasteiger partial charge in [0.15, 0.2) is 0 Å². The van der Waals surface area contributed by atoms with E-state index in [1.54, 1.807) is 19.3 Å². The van der Waals surface area contributed by atoms with Crippen molar-refractivity contribution in [3.63, 3.8) is 0 Å². The Balaban J connectivity index is 3.14. The number of hydrogen-bond donors (Lipinski definition) is 2. The van der Waals surface area contributed by atoms with Gasteiger partial charge in [-0.1, -0.05) is 0 Å². The summed E-state index contributed by atoms with van der Waals surface area (Å²) in [4.78, 5) is 13.7. The van der Waals surface area contributed by atoms with Crippen LogP contribution >= 0.6 is 0 Å². The molecule has 0 fully saturated rings. The number of aliphatic hydroxyl groups excluding tert-OH is 1. The molecule has 0 aliphatic carbocycles. The lowest BCUT2D eigenvalue weighted by molar-refractivity contribution is 0.0711. The molecule has 1 rings (SSSR count). The van der Waals surface area contributed by atoms with E-state index in [0.29, 0.717) is 0 Å². The maximum atomic E-state index is 11.2. The summed E-state index contributed by atoms with van der Waals surface area (Å²) in [7, 11) is 0. The molecule has 0 saturated heterocycles. The minimum Gasteiger partial charge on any atom is -0.391 e. The standard InChI is InChI=1S/C8H14N2O2/c1-6(11)8(2,3)10-5-4-9-7(10)12/h4-6,11H,1-3H3,(H,9,12). The Labute approximate surface area is 70.9 Å². The normalized spacial score (nSPS) is 14.7. The van der Waals surface area contributed by atoms with Crippen molar-refractivity contribution in [2.24, 2.45) is 0 Å². The molecule has 0 saturated carbocycles. The lowest BCUT2D eigenvalue weighted by Gasteiger charge is -2.28. The highest BCUT2D eigenvalue weighted by Gasteiger charge is 2.27. The summed E-state index contributed by atoms with van der Waals surface area (Å²) in [5.41, 5.74) is -0.752. The third-order valence-electron chi connectivity index (χ3n) is 2.29. The van der Waals surface area contributed by atoms with Crippen molar-refractivity contribution >= 4 is 0 Å². The van der Waals surface area contributed by atoms with E-state index in [1.807, 2.05) is 13.8 Å². The van der Waals surface area contributed by atoms with Crippen molar-refractivity contribution < 1.29 is 5.11 Å². The first kappa shape index (κ1) is 9.06. The highest BCUT2D eigenvalue weighted by Crippen LogP contribution is 2.16. The second-order valence-corrected chi connectivity index (χ2v) is 3.46. The van der Waals surface area contributed by atoms with Gasteiger partial charge in [-0.05, 0) is 20.8 Å². The molecule has 1 unspecified atom stereocenters. The average molecular weight is 170 g/mol. The van der Waals surface area contributed by atoms with Gasteiger partial charge in [-0.25, -0.2) is 4.79 Å². The average Bonchev–Trinajstić information content (AvgIpc) is 2.35. The van der Waals surface area contributed by atoms with Crippen molar-refractivity contribution in [3.05, 3.63) is 22.9 Å². The van der Waals surface area contributed by atoms with E-state index >= 15 is 0 Å². The lowest BCUT2D eigenvalue weighted by Crippen LogP contribution is -2.42. The van der Waals surface area contributed by atoms with Crippen LogP contribution in [0.15, 0.2) is 17.2 Å². The van der Waals surface area contributed by atoms with Crippen molar-refractivity contribution in [1.29, 1.82) is 0 Å². The number of aromatic amines is 1. The highest BCUT2D eigenvalue weighted by molar-refractivity contribution is 4.89. The van der Waals surface area contributed by atoms with E-state index in [9.17, 15) is 9.90 Å². The maximum absolute atomic E-state index is 11.2. The molecule has 0 aliphatic heterocycles. The summed E-state index contributed by atoms with van der Waals surface area (Å²) in [6, 6.07) is 0. The molecule has 0 radical (unpaired) electrons. The number of aliphatic hydroxyl groups is 1. The topological polar surface area (TPSA) is 58.0 Å². The summed E-state index contributed by atoms with van der Waals surface area (Å²) in [6.07, 6.45) is 2.63. The molecule has 1 aromatic heterocycles. The molecule has 0 spiro atoms. The minimum atomic E-state index is -0.564. The molecule has 1 aromatic rings. The molecule has 68 valence electrons. The van der Waals surface area contributed by atoms with E-state index in [1.165, 1.54) is 4.57 Å². The predicted molar refractivity (Wildman–Crippen MR) is 46.1 cm³/mol. The second-order valence-electron chi connectivity index (χ2n) is 3.46. The van der Waals surface area contributed by atoms with Crippen molar-refractivity contribution in [1.82, 2.24) is 9.55 Å². The Morgan fingerprint density at radius 3 is 2.58 bits per heavy atom. The quantitative estimate of drug-likeness (QED) is 0.670. The lowest BCUT2D eigenvalue weighted by atomic mass is 9.99. The van der Waals surface area contributed by atoms with Crippen LogP contribution in [-0.4, -0.2) is 20.8 Å². The van der Waals surface area contributed by atoms with E-state index in [-0.39, 0.29) is 5.69 Å². The smallest absolute Gasteiger partial charge is 0.326 e. The highest BCUT2D eigenvalue weighted by atomic mass is 16.3. The van der Waals surface area contributed by atoms with Crippen LogP contribution in [0.3, 0.4) is 0 Å². The Hall–Kier alpha value is -1.03. The molecule has 2 N–H and O–H groups in total. The zero-order valence-corrected chi connectivity index (χ0v) is 7.53. The SMILES string of the molecule is CC(O)C(C)(C)n1cc[nH]c1=O. The number of aromatic nitrogens is 2. The molecule has 1 heterocycles. The van der Waals surface area contributed by atoms with Gasteiger partial charge in [-0.2, -0.15) is 0 Å². The van der Waals surface area contributed by atoms with E-state index in [0.717, 1.165) is 0 Å². The molecule has 0 amide bonds. The Morgan fingerprint density at radius 2 is 2.25 bits per heavy atom. The number of rotatable bonds is 2. The third-order valence-corrected chi connectivity index (χ3v) is 2.29. The molecular weight excluding hydrogens is 156 g/mol. The second kappa shape index (κ2) is 2.79. The minimum absolute atomic E-state index is 0.194. The summed E-state index contributed by atoms with van der Waals surface area (Å²) in [6.45, 7) is 5.29. The van der Waals surface area contributed by atoms with Gasteiger partial charge in [0.2, 0.25) is 0 Å². The predicted octanol–water partition coefficient (Wildman–Crippen LogP) is 0.292. The van der Waals surface area contributed by atoms with Crippen molar-refractivity contribution in [2.45, 2.75) is 32.4 Å². The fourth-order valence-electron chi connectivity index (χ4n) is 0.975. The first-order valence-electron chi connectivity index (χ1n) is 3.91. The molecule has 4 nitrogen and oxygen atoms in total. The van der Waals surface area contributed by atoms with E-state index in [2.05, 4.69) is 4.98 Å². The Kier molecular flexibility index (Phi) is 2.10. The fraction of sp³-hybridized carbons (Fsp3) is 0.625. The molecule has 4 heteroatoms. The molecule has 0 aliphatic rings. The van der Waals surface area contributed by atoms with Crippen LogP contribution in [0.4, 0.5) is 0 Å². The van der Waals surface area contributed by atoms with Crippen molar-refractivity contribution in [3.8, 4) is 0 Å². The largest absolute Gasteiger partial charge is 0.391 e. The third kappa shape index (κ3) is 1.30. The maximum Gasteiger partial charge on any atom is 0.326 e. The number of hydrogen-bond acceptors (Lipinski definition) is 2. The monoisotopic (exact) mass is 170 g/mol. The number of nitrogens with one attached hydrogen (secondary N) is 1. The van der Waals surface area contributed by atoms with Crippen molar-refractivity contribution in [2.75, 3.05) is 0 Å². The fourth-order valence-corrected chi connectivity index (χ4v) is 0.975. The van der Waals surface area contributed by atoms with Crippen LogP contribution in [0.1, 0.15) is 20.8 Å². The zero-order valence-electron chi connectivity index (χ0n) is 7.53. The van der Waals surface area contributed by atoms with Gasteiger partial charge in [0.05, 0.1) is 11.6 Å². The van der Waals surface area contributed by atoms with Gasteiger partial charge in [0.1, 0.15) is 0 Å². The van der Waals surface area contributed by atoms with E-state index in [4.69, 9.17) is 0 Å². The summed E-state index contributed by atoms with van der Waals surface area (Å²) < 4.78 is 1.48. The van der Waals surface area contributed by atoms with Crippen LogP contribution in [-0.2, 0) is 5.54 Å². The summed E-state index contributed by atoms with van der Waals surface area (Å²) in [5, 5.41) is 9.40. The number of imidazole rings is 1. The van der Waals surface area contributed by atoms with Gasteiger partial charge in [-0.3, -0.25) is 4.57 Å². The summed E-state index contributed by atoms with van der Waals surface area (Å²) >= 11 is 0. The van der Waals surface area contributed by atoms with Gasteiger partial charge >= 0.3 is 5.69 Å². The Bertz CT molecular complexity index is 309. The summed E-state index contributed by atoms with van der Waals surface area (Å²) in [5.74, 6) is 0. The molecular formula is C8H14N2O2. The first-order valence-corrected chi connectivity index (χ1v) is 3.91. The van der Waals surface area contributed by atoms with Crippen LogP contribution in [0.25, 0.3) is 0 Å². The molecule has 1 atom stereocenters.